The summed E-state index contributed by atoms with van der Waals surface area (Å²) in [4.78, 5) is 11.5. The Balaban J connectivity index is 3.38. The van der Waals surface area contributed by atoms with Crippen molar-refractivity contribution in [3.05, 3.63) is 27.3 Å². The Labute approximate surface area is 99.1 Å². The molecule has 0 saturated heterocycles. The zero-order valence-electron chi connectivity index (χ0n) is 7.14. The van der Waals surface area contributed by atoms with Crippen molar-refractivity contribution in [2.75, 3.05) is 0 Å². The first-order chi connectivity index (χ1) is 6.88. The quantitative estimate of drug-likeness (QED) is 0.553. The lowest BCUT2D eigenvalue weighted by molar-refractivity contribution is 0.0695. The number of nitrogens with one attached hydrogen (secondary N) is 1. The number of carboxylic acid groups (broad SMARTS) is 1. The van der Waals surface area contributed by atoms with Gasteiger partial charge in [-0.25, -0.2) is 13.2 Å². The van der Waals surface area contributed by atoms with Crippen LogP contribution in [0.15, 0.2) is 23.1 Å². The van der Waals surface area contributed by atoms with Gasteiger partial charge in [-0.05, 0) is 40.8 Å². The highest BCUT2D eigenvalue weighted by molar-refractivity contribution is 14.1. The number of halogens is 1. The van der Waals surface area contributed by atoms with E-state index in [2.05, 4.69) is 0 Å². The third-order valence-electron chi connectivity index (χ3n) is 1.60. The van der Waals surface area contributed by atoms with Crippen LogP contribution in [0, 0.1) is 3.57 Å². The van der Waals surface area contributed by atoms with Crippen LogP contribution in [0.5, 0.6) is 0 Å². The highest BCUT2D eigenvalue weighted by Gasteiger charge is 2.16. The Hall–Kier alpha value is -0.710. The minimum absolute atomic E-state index is 0.132. The maximum atomic E-state index is 11.1. The van der Waals surface area contributed by atoms with Gasteiger partial charge < -0.3 is 10.3 Å². The van der Waals surface area contributed by atoms with Gasteiger partial charge in [0.15, 0.2) is 0 Å². The van der Waals surface area contributed by atoms with Crippen LogP contribution in [0.25, 0.3) is 0 Å². The summed E-state index contributed by atoms with van der Waals surface area (Å²) in [6.07, 6.45) is 0. The van der Waals surface area contributed by atoms with Crippen molar-refractivity contribution >= 4 is 38.6 Å². The molecule has 0 fully saturated rings. The van der Waals surface area contributed by atoms with Crippen molar-refractivity contribution in [2.24, 2.45) is 0 Å². The van der Waals surface area contributed by atoms with E-state index in [1.165, 1.54) is 12.1 Å². The summed E-state index contributed by atoms with van der Waals surface area (Å²) in [5, 5.41) is 17.1. The van der Waals surface area contributed by atoms with Crippen molar-refractivity contribution in [2.45, 2.75) is 4.90 Å². The summed E-state index contributed by atoms with van der Waals surface area (Å²) in [6.45, 7) is 0. The predicted octanol–water partition coefficient (Wildman–Crippen LogP) is 0.657. The van der Waals surface area contributed by atoms with Crippen LogP contribution in [-0.2, 0) is 10.0 Å². The molecular weight excluding hydrogens is 337 g/mol. The summed E-state index contributed by atoms with van der Waals surface area (Å²) in [5.74, 6) is -1.23. The minimum Gasteiger partial charge on any atom is -0.478 e. The van der Waals surface area contributed by atoms with Gasteiger partial charge in [0, 0.05) is 3.57 Å². The molecule has 0 aliphatic rings. The first-order valence-corrected chi connectivity index (χ1v) is 6.13. The third-order valence-corrected chi connectivity index (χ3v) is 3.65. The maximum Gasteiger partial charge on any atom is 0.336 e. The van der Waals surface area contributed by atoms with Gasteiger partial charge in [0.2, 0.25) is 0 Å². The fraction of sp³-hybridized carbons (Fsp3) is 0. The van der Waals surface area contributed by atoms with Crippen LogP contribution in [0.4, 0.5) is 0 Å². The van der Waals surface area contributed by atoms with E-state index in [-0.39, 0.29) is 10.5 Å². The lowest BCUT2D eigenvalue weighted by atomic mass is 10.2. The van der Waals surface area contributed by atoms with Crippen LogP contribution >= 0.6 is 22.6 Å². The smallest absolute Gasteiger partial charge is 0.336 e. The van der Waals surface area contributed by atoms with Crippen molar-refractivity contribution < 1.29 is 23.5 Å². The highest BCUT2D eigenvalue weighted by Crippen LogP contribution is 2.17. The number of carbonyl (C=O) groups is 1. The van der Waals surface area contributed by atoms with Crippen LogP contribution < -0.4 is 4.89 Å². The van der Waals surface area contributed by atoms with Gasteiger partial charge >= 0.3 is 5.97 Å². The molecule has 0 aliphatic heterocycles. The van der Waals surface area contributed by atoms with E-state index in [9.17, 15) is 13.2 Å². The second-order valence-electron chi connectivity index (χ2n) is 2.54. The molecule has 3 N–H and O–H groups in total. The molecule has 82 valence electrons. The second-order valence-corrected chi connectivity index (χ2v) is 5.36. The summed E-state index contributed by atoms with van der Waals surface area (Å²) >= 11 is 1.77. The van der Waals surface area contributed by atoms with Crippen LogP contribution in [-0.4, -0.2) is 24.7 Å². The van der Waals surface area contributed by atoms with Crippen LogP contribution in [0.3, 0.4) is 0 Å². The van der Waals surface area contributed by atoms with E-state index >= 15 is 0 Å². The lowest BCUT2D eigenvalue weighted by Gasteiger charge is -2.04. The highest BCUT2D eigenvalue weighted by atomic mass is 127. The van der Waals surface area contributed by atoms with Crippen molar-refractivity contribution in [3.63, 3.8) is 0 Å². The Morgan fingerprint density at radius 1 is 1.40 bits per heavy atom. The zero-order chi connectivity index (χ0) is 11.6. The summed E-state index contributed by atoms with van der Waals surface area (Å²) in [6, 6.07) is 3.52. The number of aromatic carboxylic acids is 1. The number of hydrogen-bond acceptors (Lipinski definition) is 4. The number of sulfonamides is 1. The van der Waals surface area contributed by atoms with E-state index < -0.39 is 16.0 Å². The Morgan fingerprint density at radius 3 is 2.47 bits per heavy atom. The van der Waals surface area contributed by atoms with Crippen LogP contribution in [0.2, 0.25) is 0 Å². The molecule has 0 spiro atoms. The molecular formula is C7H6INO5S. The van der Waals surface area contributed by atoms with Gasteiger partial charge in [-0.3, -0.25) is 0 Å². The standard InChI is InChI=1S/C7H6INO5S/c8-6-2-1-4(15(13,14)9-12)3-5(6)7(10)11/h1-3,9,12H,(H,10,11). The Morgan fingerprint density at radius 2 is 2.00 bits per heavy atom. The Kier molecular flexibility index (Phi) is 3.65. The largest absolute Gasteiger partial charge is 0.478 e. The molecule has 15 heavy (non-hydrogen) atoms. The number of benzene rings is 1. The molecule has 0 bridgehead atoms. The lowest BCUT2D eigenvalue weighted by Crippen LogP contribution is -2.19. The van der Waals surface area contributed by atoms with Gasteiger partial charge in [-0.15, -0.1) is 0 Å². The average molecular weight is 343 g/mol. The number of carboxylic acids is 1. The molecule has 0 aliphatic carbocycles. The fourth-order valence-corrected chi connectivity index (χ4v) is 2.08. The number of hydrogen-bond donors (Lipinski definition) is 3. The minimum atomic E-state index is -4.03. The van der Waals surface area contributed by atoms with Crippen molar-refractivity contribution in [3.8, 4) is 0 Å². The second kappa shape index (κ2) is 4.43. The van der Waals surface area contributed by atoms with Crippen molar-refractivity contribution in [1.82, 2.24) is 4.89 Å². The molecule has 1 aromatic carbocycles. The SMILES string of the molecule is O=C(O)c1cc(S(=O)(=O)NO)ccc1I. The molecule has 6 nitrogen and oxygen atoms in total. The molecule has 0 heterocycles. The molecule has 0 amide bonds. The molecule has 0 unspecified atom stereocenters. The van der Waals surface area contributed by atoms with Gasteiger partial charge in [-0.2, -0.15) is 0 Å². The average Bonchev–Trinajstić information content (AvgIpc) is 2.17. The van der Waals surface area contributed by atoms with Gasteiger partial charge in [0.1, 0.15) is 0 Å². The summed E-state index contributed by atoms with van der Waals surface area (Å²) < 4.78 is 22.7. The topological polar surface area (TPSA) is 104 Å². The summed E-state index contributed by atoms with van der Waals surface area (Å²) in [7, 11) is -4.03. The maximum absolute atomic E-state index is 11.1. The monoisotopic (exact) mass is 343 g/mol. The molecule has 0 aromatic heterocycles. The molecule has 0 radical (unpaired) electrons. The molecule has 0 atom stereocenters. The predicted molar refractivity (Wildman–Crippen MR) is 58.2 cm³/mol. The third kappa shape index (κ3) is 2.65. The molecule has 1 aromatic rings. The van der Waals surface area contributed by atoms with Gasteiger partial charge in [-0.1, -0.05) is 4.89 Å². The Bertz CT molecular complexity index is 498. The number of rotatable bonds is 3. The van der Waals surface area contributed by atoms with Gasteiger partial charge in [0.05, 0.1) is 10.5 Å². The molecule has 0 saturated carbocycles. The first-order valence-electron chi connectivity index (χ1n) is 3.57. The van der Waals surface area contributed by atoms with E-state index in [4.69, 9.17) is 10.3 Å². The normalized spacial score (nSPS) is 11.3. The van der Waals surface area contributed by atoms with E-state index in [0.29, 0.717) is 3.57 Å². The molecule has 1 rings (SSSR count). The zero-order valence-corrected chi connectivity index (χ0v) is 10.1. The summed E-state index contributed by atoms with van der Waals surface area (Å²) in [5.41, 5.74) is -0.132. The van der Waals surface area contributed by atoms with Crippen molar-refractivity contribution in [1.29, 1.82) is 0 Å². The fourth-order valence-electron chi connectivity index (χ4n) is 0.888. The van der Waals surface area contributed by atoms with E-state index in [1.54, 1.807) is 22.6 Å². The van der Waals surface area contributed by atoms with E-state index in [0.717, 1.165) is 11.0 Å². The van der Waals surface area contributed by atoms with Crippen LogP contribution in [0.1, 0.15) is 10.4 Å². The molecule has 8 heteroatoms. The van der Waals surface area contributed by atoms with Gasteiger partial charge in [0.25, 0.3) is 10.0 Å². The van der Waals surface area contributed by atoms with E-state index in [1.807, 2.05) is 0 Å². The first kappa shape index (κ1) is 12.4.